The van der Waals surface area contributed by atoms with Crippen molar-refractivity contribution in [3.05, 3.63) is 24.4 Å². The van der Waals surface area contributed by atoms with Crippen LogP contribution in [0, 0.1) is 0 Å². The fourth-order valence-corrected chi connectivity index (χ4v) is 0.798. The van der Waals surface area contributed by atoms with Gasteiger partial charge in [0.25, 0.3) is 5.89 Å². The molecule has 1 rings (SSSR count). The summed E-state index contributed by atoms with van der Waals surface area (Å²) in [6.45, 7) is 5.11. The summed E-state index contributed by atoms with van der Waals surface area (Å²) in [6.07, 6.45) is 2.22. The van der Waals surface area contributed by atoms with E-state index in [2.05, 4.69) is 16.7 Å². The van der Waals surface area contributed by atoms with Gasteiger partial charge in [-0.05, 0) is 6.92 Å². The number of halogens is 2. The van der Waals surface area contributed by atoms with E-state index in [1.165, 1.54) is 0 Å². The van der Waals surface area contributed by atoms with E-state index in [1.807, 2.05) is 0 Å². The minimum Gasteiger partial charge on any atom is -0.336 e. The summed E-state index contributed by atoms with van der Waals surface area (Å²) in [5.74, 6) is 0.746. The van der Waals surface area contributed by atoms with Gasteiger partial charge in [0.2, 0.25) is 0 Å². The Morgan fingerprint density at radius 2 is 2.33 bits per heavy atom. The average molecular weight is 207 g/mol. The molecule has 0 aromatic carbocycles. The molecule has 0 saturated heterocycles. The summed E-state index contributed by atoms with van der Waals surface area (Å²) in [5.41, 5.74) is 0. The molecule has 3 nitrogen and oxygen atoms in total. The molecule has 0 fully saturated rings. The summed E-state index contributed by atoms with van der Waals surface area (Å²) < 4.78 is 3.69. The zero-order valence-electron chi connectivity index (χ0n) is 6.55. The molecule has 1 aromatic heterocycles. The van der Waals surface area contributed by atoms with Crippen molar-refractivity contribution in [3.8, 4) is 0 Å². The molecule has 5 heteroatoms. The predicted molar refractivity (Wildman–Crippen MR) is 47.3 cm³/mol. The van der Waals surface area contributed by atoms with Gasteiger partial charge >= 0.3 is 0 Å². The minimum absolute atomic E-state index is 0.211. The molecule has 66 valence electrons. The number of aromatic nitrogens is 2. The van der Waals surface area contributed by atoms with Crippen LogP contribution < -0.4 is 0 Å². The summed E-state index contributed by atoms with van der Waals surface area (Å²) in [4.78, 5) is 3.96. The molecule has 0 aliphatic rings. The highest BCUT2D eigenvalue weighted by Gasteiger charge is 2.26. The van der Waals surface area contributed by atoms with Crippen LogP contribution in [-0.2, 0) is 10.8 Å². The van der Waals surface area contributed by atoms with Gasteiger partial charge in [0.1, 0.15) is 0 Å². The van der Waals surface area contributed by atoms with Crippen molar-refractivity contribution in [2.45, 2.75) is 17.7 Å². The molecule has 12 heavy (non-hydrogen) atoms. The zero-order valence-corrected chi connectivity index (χ0v) is 8.06. The van der Waals surface area contributed by atoms with Crippen LogP contribution >= 0.6 is 23.2 Å². The van der Waals surface area contributed by atoms with E-state index in [0.717, 1.165) is 0 Å². The molecule has 1 aromatic rings. The molecule has 0 N–H and O–H groups in total. The van der Waals surface area contributed by atoms with Crippen molar-refractivity contribution in [2.24, 2.45) is 0 Å². The number of hydrogen-bond acceptors (Lipinski definition) is 3. The van der Waals surface area contributed by atoms with Gasteiger partial charge in [0, 0.05) is 6.42 Å². The van der Waals surface area contributed by atoms with Gasteiger partial charge in [-0.15, -0.1) is 6.58 Å². The fourth-order valence-electron chi connectivity index (χ4n) is 0.644. The molecule has 0 amide bonds. The second kappa shape index (κ2) is 3.46. The zero-order chi connectivity index (χ0) is 9.19. The first-order chi connectivity index (χ1) is 5.54. The SMILES string of the molecule is C=CCc1noc(C(C)(Cl)Cl)n1. The maximum atomic E-state index is 5.72. The lowest BCUT2D eigenvalue weighted by Crippen LogP contribution is -2.03. The van der Waals surface area contributed by atoms with Crippen LogP contribution in [0.2, 0.25) is 0 Å². The van der Waals surface area contributed by atoms with E-state index in [0.29, 0.717) is 12.2 Å². The Bertz CT molecular complexity index is 277. The van der Waals surface area contributed by atoms with Gasteiger partial charge in [-0.1, -0.05) is 34.4 Å². The van der Waals surface area contributed by atoms with Gasteiger partial charge in [-0.3, -0.25) is 0 Å². The van der Waals surface area contributed by atoms with Crippen molar-refractivity contribution >= 4 is 23.2 Å². The van der Waals surface area contributed by atoms with Gasteiger partial charge < -0.3 is 4.52 Å². The van der Waals surface area contributed by atoms with Gasteiger partial charge in [-0.25, -0.2) is 0 Å². The monoisotopic (exact) mass is 206 g/mol. The van der Waals surface area contributed by atoms with Crippen molar-refractivity contribution in [1.82, 2.24) is 10.1 Å². The normalized spacial score (nSPS) is 11.6. The van der Waals surface area contributed by atoms with E-state index >= 15 is 0 Å². The highest BCUT2D eigenvalue weighted by Crippen LogP contribution is 2.31. The summed E-state index contributed by atoms with van der Waals surface area (Å²) in [7, 11) is 0. The highest BCUT2D eigenvalue weighted by molar-refractivity contribution is 6.47. The summed E-state index contributed by atoms with van der Waals surface area (Å²) in [5, 5.41) is 3.65. The van der Waals surface area contributed by atoms with E-state index in [9.17, 15) is 0 Å². The van der Waals surface area contributed by atoms with Gasteiger partial charge in [0.15, 0.2) is 10.2 Å². The van der Waals surface area contributed by atoms with Crippen LogP contribution in [0.5, 0.6) is 0 Å². The Morgan fingerprint density at radius 3 is 2.75 bits per heavy atom. The third kappa shape index (κ3) is 2.22. The first kappa shape index (κ1) is 9.55. The average Bonchev–Trinajstić information content (AvgIpc) is 2.35. The molecule has 0 atom stereocenters. The first-order valence-electron chi connectivity index (χ1n) is 3.36. The predicted octanol–water partition coefficient (Wildman–Crippen LogP) is 2.45. The summed E-state index contributed by atoms with van der Waals surface area (Å²) in [6, 6.07) is 0. The van der Waals surface area contributed by atoms with Crippen LogP contribution in [-0.4, -0.2) is 10.1 Å². The van der Waals surface area contributed by atoms with Gasteiger partial charge in [-0.2, -0.15) is 4.98 Å². The number of nitrogens with zero attached hydrogens (tertiary/aromatic N) is 2. The van der Waals surface area contributed by atoms with E-state index in [-0.39, 0.29) is 5.89 Å². The third-order valence-corrected chi connectivity index (χ3v) is 1.49. The fraction of sp³-hybridized carbons (Fsp3) is 0.429. The van der Waals surface area contributed by atoms with Gasteiger partial charge in [0.05, 0.1) is 0 Å². The standard InChI is InChI=1S/C7H8Cl2N2O/c1-3-4-5-10-6(12-11-5)7(2,8)9/h3H,1,4H2,2H3. The Hall–Kier alpha value is -0.540. The Kier molecular flexibility index (Phi) is 2.75. The second-order valence-electron chi connectivity index (χ2n) is 2.40. The topological polar surface area (TPSA) is 38.9 Å². The quantitative estimate of drug-likeness (QED) is 0.564. The largest absolute Gasteiger partial charge is 0.336 e. The number of hydrogen-bond donors (Lipinski definition) is 0. The molecule has 0 aliphatic carbocycles. The van der Waals surface area contributed by atoms with E-state index in [4.69, 9.17) is 27.7 Å². The maximum Gasteiger partial charge on any atom is 0.262 e. The molecular weight excluding hydrogens is 199 g/mol. The van der Waals surface area contributed by atoms with Crippen molar-refractivity contribution in [3.63, 3.8) is 0 Å². The second-order valence-corrected chi connectivity index (χ2v) is 4.10. The lowest BCUT2D eigenvalue weighted by molar-refractivity contribution is 0.366. The van der Waals surface area contributed by atoms with Crippen LogP contribution in [0.1, 0.15) is 18.6 Å². The van der Waals surface area contributed by atoms with Crippen molar-refractivity contribution in [2.75, 3.05) is 0 Å². The smallest absolute Gasteiger partial charge is 0.262 e. The lowest BCUT2D eigenvalue weighted by Gasteiger charge is -2.04. The molecule has 0 spiro atoms. The number of alkyl halides is 2. The molecule has 0 radical (unpaired) electrons. The molecular formula is C7H8Cl2N2O. The third-order valence-electron chi connectivity index (χ3n) is 1.17. The molecule has 0 saturated carbocycles. The maximum absolute atomic E-state index is 5.72. The van der Waals surface area contributed by atoms with Crippen LogP contribution in [0.15, 0.2) is 17.2 Å². The molecule has 0 bridgehead atoms. The van der Waals surface area contributed by atoms with Crippen LogP contribution in [0.25, 0.3) is 0 Å². The Morgan fingerprint density at radius 1 is 1.67 bits per heavy atom. The lowest BCUT2D eigenvalue weighted by atomic mass is 10.4. The Balaban J connectivity index is 2.84. The number of allylic oxidation sites excluding steroid dienone is 1. The van der Waals surface area contributed by atoms with E-state index < -0.39 is 4.33 Å². The van der Waals surface area contributed by atoms with E-state index in [1.54, 1.807) is 13.0 Å². The van der Waals surface area contributed by atoms with Crippen molar-refractivity contribution < 1.29 is 4.52 Å². The molecule has 0 unspecified atom stereocenters. The van der Waals surface area contributed by atoms with Crippen LogP contribution in [0.3, 0.4) is 0 Å². The highest BCUT2D eigenvalue weighted by atomic mass is 35.5. The number of rotatable bonds is 3. The first-order valence-corrected chi connectivity index (χ1v) is 4.11. The summed E-state index contributed by atoms with van der Waals surface area (Å²) >= 11 is 11.4. The van der Waals surface area contributed by atoms with Crippen molar-refractivity contribution in [1.29, 1.82) is 0 Å². The molecule has 0 aliphatic heterocycles. The van der Waals surface area contributed by atoms with Crippen LogP contribution in [0.4, 0.5) is 0 Å². The Labute approximate surface area is 80.4 Å². The molecule has 1 heterocycles. The minimum atomic E-state index is -1.12.